The number of carbonyl (C=O) groups is 2. The molecule has 0 radical (unpaired) electrons. The summed E-state index contributed by atoms with van der Waals surface area (Å²) in [7, 11) is 5.58. The standard InChI is InChI=1S/C20H26N2O6/c1-21(2)8-6-14-11-22(18-10-16(25-3)4-5-17(14)18)20(24)28-13-27-19(23)15-7-9-26-12-15/h4-5,10-11,15H,6-9,12-13H2,1-3H3. The van der Waals surface area contributed by atoms with Crippen molar-refractivity contribution in [3.05, 3.63) is 30.0 Å². The summed E-state index contributed by atoms with van der Waals surface area (Å²) in [6.07, 6.45) is 2.57. The Labute approximate surface area is 163 Å². The molecule has 1 atom stereocenters. The number of hydrogen-bond donors (Lipinski definition) is 0. The smallest absolute Gasteiger partial charge is 0.421 e. The van der Waals surface area contributed by atoms with Crippen LogP contribution in [0, 0.1) is 5.92 Å². The third kappa shape index (κ3) is 4.63. The molecule has 0 N–H and O–H groups in total. The van der Waals surface area contributed by atoms with E-state index in [4.69, 9.17) is 18.9 Å². The first-order chi connectivity index (χ1) is 13.5. The lowest BCUT2D eigenvalue weighted by atomic mass is 10.1. The van der Waals surface area contributed by atoms with Crippen LogP contribution in [0.2, 0.25) is 0 Å². The molecule has 1 aliphatic heterocycles. The summed E-state index contributed by atoms with van der Waals surface area (Å²) in [5.41, 5.74) is 1.72. The average Bonchev–Trinajstić information content (AvgIpc) is 3.34. The molecule has 0 spiro atoms. The van der Waals surface area contributed by atoms with Gasteiger partial charge in [-0.15, -0.1) is 0 Å². The maximum absolute atomic E-state index is 12.6. The van der Waals surface area contributed by atoms with Gasteiger partial charge in [0, 0.05) is 30.8 Å². The van der Waals surface area contributed by atoms with Gasteiger partial charge in [-0.25, -0.2) is 4.79 Å². The molecule has 1 aliphatic rings. The normalized spacial score (nSPS) is 16.5. The molecule has 0 saturated carbocycles. The van der Waals surface area contributed by atoms with Crippen molar-refractivity contribution in [1.29, 1.82) is 0 Å². The van der Waals surface area contributed by atoms with E-state index in [9.17, 15) is 9.59 Å². The van der Waals surface area contributed by atoms with Crippen molar-refractivity contribution in [2.75, 3.05) is 47.8 Å². The highest BCUT2D eigenvalue weighted by atomic mass is 16.7. The van der Waals surface area contributed by atoms with Gasteiger partial charge in [0.15, 0.2) is 0 Å². The van der Waals surface area contributed by atoms with Gasteiger partial charge in [-0.3, -0.25) is 9.36 Å². The summed E-state index contributed by atoms with van der Waals surface area (Å²) >= 11 is 0. The van der Waals surface area contributed by atoms with E-state index in [2.05, 4.69) is 4.90 Å². The summed E-state index contributed by atoms with van der Waals surface area (Å²) in [6, 6.07) is 5.59. The highest BCUT2D eigenvalue weighted by Gasteiger charge is 2.25. The van der Waals surface area contributed by atoms with Crippen molar-refractivity contribution in [3.63, 3.8) is 0 Å². The Kier molecular flexibility index (Phi) is 6.53. The second-order valence-electron chi connectivity index (χ2n) is 7.01. The van der Waals surface area contributed by atoms with Gasteiger partial charge in [-0.2, -0.15) is 0 Å². The molecule has 0 bridgehead atoms. The minimum atomic E-state index is -0.607. The van der Waals surface area contributed by atoms with Crippen LogP contribution in [0.3, 0.4) is 0 Å². The third-order valence-electron chi connectivity index (χ3n) is 4.77. The Bertz CT molecular complexity index is 839. The van der Waals surface area contributed by atoms with E-state index >= 15 is 0 Å². The van der Waals surface area contributed by atoms with Crippen LogP contribution in [-0.2, 0) is 25.4 Å². The Morgan fingerprint density at radius 2 is 2.11 bits per heavy atom. The predicted octanol–water partition coefficient (Wildman–Crippen LogP) is 2.28. The summed E-state index contributed by atoms with van der Waals surface area (Å²) in [5, 5.41) is 0.958. The Morgan fingerprint density at radius 3 is 2.79 bits per heavy atom. The van der Waals surface area contributed by atoms with Crippen LogP contribution in [0.1, 0.15) is 12.0 Å². The van der Waals surface area contributed by atoms with Crippen LogP contribution in [-0.4, -0.2) is 69.3 Å². The molecule has 1 saturated heterocycles. The molecule has 8 heteroatoms. The third-order valence-corrected chi connectivity index (χ3v) is 4.77. The lowest BCUT2D eigenvalue weighted by Gasteiger charge is -2.10. The molecule has 8 nitrogen and oxygen atoms in total. The quantitative estimate of drug-likeness (QED) is 0.530. The van der Waals surface area contributed by atoms with E-state index in [1.54, 1.807) is 19.4 Å². The zero-order chi connectivity index (χ0) is 20.1. The molecule has 2 heterocycles. The molecule has 1 aromatic heterocycles. The molecular formula is C20H26N2O6. The fraction of sp³-hybridized carbons (Fsp3) is 0.500. The number of carbonyl (C=O) groups excluding carboxylic acids is 2. The molecule has 2 aromatic rings. The summed E-state index contributed by atoms with van der Waals surface area (Å²) in [4.78, 5) is 26.6. The molecule has 0 amide bonds. The number of aromatic nitrogens is 1. The summed E-state index contributed by atoms with van der Waals surface area (Å²) in [5.74, 6) is -0.0458. The average molecular weight is 390 g/mol. The van der Waals surface area contributed by atoms with Crippen molar-refractivity contribution >= 4 is 23.0 Å². The molecule has 1 aromatic carbocycles. The number of esters is 1. The first kappa shape index (κ1) is 20.2. The van der Waals surface area contributed by atoms with Gasteiger partial charge in [0.05, 0.1) is 25.2 Å². The minimum absolute atomic E-state index is 0.284. The van der Waals surface area contributed by atoms with Gasteiger partial charge >= 0.3 is 12.1 Å². The van der Waals surface area contributed by atoms with E-state index in [0.717, 1.165) is 23.9 Å². The number of methoxy groups -OCH3 is 1. The van der Waals surface area contributed by atoms with E-state index in [-0.39, 0.29) is 5.92 Å². The van der Waals surface area contributed by atoms with Gasteiger partial charge in [0.2, 0.25) is 6.79 Å². The molecule has 1 fully saturated rings. The zero-order valence-corrected chi connectivity index (χ0v) is 16.5. The number of hydrogen-bond acceptors (Lipinski definition) is 7. The fourth-order valence-corrected chi connectivity index (χ4v) is 3.14. The van der Waals surface area contributed by atoms with Gasteiger partial charge < -0.3 is 23.8 Å². The maximum atomic E-state index is 12.6. The number of benzene rings is 1. The van der Waals surface area contributed by atoms with E-state index < -0.39 is 18.9 Å². The molecule has 1 unspecified atom stereocenters. The molecule has 3 rings (SSSR count). The lowest BCUT2D eigenvalue weighted by Crippen LogP contribution is -2.22. The number of rotatable bonds is 7. The van der Waals surface area contributed by atoms with Crippen molar-refractivity contribution in [3.8, 4) is 5.75 Å². The topological polar surface area (TPSA) is 79.2 Å². The highest BCUT2D eigenvalue weighted by Crippen LogP contribution is 2.26. The number of likely N-dealkylation sites (N-methyl/N-ethyl adjacent to an activating group) is 1. The molecule has 28 heavy (non-hydrogen) atoms. The number of ether oxygens (including phenoxy) is 4. The molecular weight excluding hydrogens is 364 g/mol. The first-order valence-electron chi connectivity index (χ1n) is 9.24. The lowest BCUT2D eigenvalue weighted by molar-refractivity contribution is -0.156. The Balaban J connectivity index is 1.72. The van der Waals surface area contributed by atoms with Crippen molar-refractivity contribution < 1.29 is 28.5 Å². The van der Waals surface area contributed by atoms with Crippen LogP contribution in [0.25, 0.3) is 10.9 Å². The second-order valence-corrected chi connectivity index (χ2v) is 7.01. The van der Waals surface area contributed by atoms with E-state index in [1.807, 2.05) is 26.2 Å². The second kappa shape index (κ2) is 9.07. The van der Waals surface area contributed by atoms with Crippen LogP contribution >= 0.6 is 0 Å². The van der Waals surface area contributed by atoms with Crippen LogP contribution in [0.15, 0.2) is 24.4 Å². The molecule has 152 valence electrons. The highest BCUT2D eigenvalue weighted by molar-refractivity contribution is 5.92. The molecule has 0 aliphatic carbocycles. The van der Waals surface area contributed by atoms with Gasteiger partial charge in [0.1, 0.15) is 5.75 Å². The SMILES string of the molecule is COc1ccc2c(CCN(C)C)cn(C(=O)OCOC(=O)C3CCOC3)c2c1. The first-order valence-corrected chi connectivity index (χ1v) is 9.24. The largest absolute Gasteiger partial charge is 0.497 e. The maximum Gasteiger partial charge on any atom is 0.421 e. The van der Waals surface area contributed by atoms with Crippen molar-refractivity contribution in [2.45, 2.75) is 12.8 Å². The fourth-order valence-electron chi connectivity index (χ4n) is 3.14. The minimum Gasteiger partial charge on any atom is -0.497 e. The number of fused-ring (bicyclic) bond motifs is 1. The predicted molar refractivity (Wildman–Crippen MR) is 103 cm³/mol. The van der Waals surface area contributed by atoms with Crippen molar-refractivity contribution in [1.82, 2.24) is 9.47 Å². The summed E-state index contributed by atoms with van der Waals surface area (Å²) < 4.78 is 22.1. The Hall–Kier alpha value is -2.58. The van der Waals surface area contributed by atoms with Crippen molar-refractivity contribution in [2.24, 2.45) is 5.92 Å². The van der Waals surface area contributed by atoms with Gasteiger partial charge in [-0.05, 0) is 44.6 Å². The number of nitrogens with zero attached hydrogens (tertiary/aromatic N) is 2. The van der Waals surface area contributed by atoms with Crippen LogP contribution < -0.4 is 4.74 Å². The zero-order valence-electron chi connectivity index (χ0n) is 16.5. The summed E-state index contributed by atoms with van der Waals surface area (Å²) in [6.45, 7) is 1.32. The monoisotopic (exact) mass is 390 g/mol. The van der Waals surface area contributed by atoms with Crippen LogP contribution in [0.4, 0.5) is 4.79 Å². The van der Waals surface area contributed by atoms with E-state index in [0.29, 0.717) is 30.9 Å². The Morgan fingerprint density at radius 1 is 1.29 bits per heavy atom. The van der Waals surface area contributed by atoms with Gasteiger partial charge in [-0.1, -0.05) is 0 Å². The van der Waals surface area contributed by atoms with E-state index in [1.165, 1.54) is 4.57 Å². The van der Waals surface area contributed by atoms with Crippen LogP contribution in [0.5, 0.6) is 5.75 Å². The van der Waals surface area contributed by atoms with Gasteiger partial charge in [0.25, 0.3) is 0 Å².